The highest BCUT2D eigenvalue weighted by molar-refractivity contribution is 5.38. The molecule has 2 aromatic rings. The fourth-order valence-electron chi connectivity index (χ4n) is 4.54. The molecule has 2 aliphatic heterocycles. The van der Waals surface area contributed by atoms with E-state index >= 15 is 0 Å². The number of piperidine rings is 1. The molecule has 3 nitrogen and oxygen atoms in total. The van der Waals surface area contributed by atoms with Crippen molar-refractivity contribution in [2.24, 2.45) is 0 Å². The molecule has 0 saturated carbocycles. The SMILES string of the molecule is Fc1ccc(OCC(F)(F)F)c([C@H]2CO[C@]3(CCCN[C@H]3c3ccccc3)C2)c1. The third kappa shape index (κ3) is 4.41. The van der Waals surface area contributed by atoms with Crippen LogP contribution in [0.5, 0.6) is 5.75 Å². The van der Waals surface area contributed by atoms with Gasteiger partial charge in [-0.05, 0) is 49.6 Å². The molecule has 2 heterocycles. The summed E-state index contributed by atoms with van der Waals surface area (Å²) in [7, 11) is 0. The fourth-order valence-corrected chi connectivity index (χ4v) is 4.54. The minimum Gasteiger partial charge on any atom is -0.484 e. The maximum atomic E-state index is 13.9. The van der Waals surface area contributed by atoms with Crippen molar-refractivity contribution in [3.05, 3.63) is 65.5 Å². The molecule has 2 aromatic carbocycles. The van der Waals surface area contributed by atoms with E-state index in [2.05, 4.69) is 5.32 Å². The van der Waals surface area contributed by atoms with Gasteiger partial charge in [0.25, 0.3) is 0 Å². The number of hydrogen-bond acceptors (Lipinski definition) is 3. The summed E-state index contributed by atoms with van der Waals surface area (Å²) in [6, 6.07) is 13.6. The van der Waals surface area contributed by atoms with Crippen LogP contribution >= 0.6 is 0 Å². The van der Waals surface area contributed by atoms with E-state index in [0.29, 0.717) is 18.6 Å². The maximum absolute atomic E-state index is 13.9. The second kappa shape index (κ2) is 7.95. The highest BCUT2D eigenvalue weighted by Crippen LogP contribution is 2.49. The molecule has 2 fully saturated rings. The Labute approximate surface area is 167 Å². The Balaban J connectivity index is 1.60. The minimum atomic E-state index is -4.45. The predicted octanol–water partition coefficient (Wildman–Crippen LogP) is 5.13. The Kier molecular flexibility index (Phi) is 5.53. The molecule has 0 unspecified atom stereocenters. The second-order valence-electron chi connectivity index (χ2n) is 7.76. The van der Waals surface area contributed by atoms with Gasteiger partial charge in [0.1, 0.15) is 11.6 Å². The second-order valence-corrected chi connectivity index (χ2v) is 7.76. The largest absolute Gasteiger partial charge is 0.484 e. The van der Waals surface area contributed by atoms with Gasteiger partial charge in [-0.15, -0.1) is 0 Å². The molecule has 1 spiro atoms. The molecule has 29 heavy (non-hydrogen) atoms. The first-order valence-electron chi connectivity index (χ1n) is 9.78. The molecule has 2 saturated heterocycles. The summed E-state index contributed by atoms with van der Waals surface area (Å²) in [4.78, 5) is 0. The molecule has 0 radical (unpaired) electrons. The lowest BCUT2D eigenvalue weighted by Gasteiger charge is -2.41. The van der Waals surface area contributed by atoms with E-state index in [9.17, 15) is 17.6 Å². The molecule has 0 aliphatic carbocycles. The average molecular weight is 409 g/mol. The van der Waals surface area contributed by atoms with Gasteiger partial charge in [0.2, 0.25) is 0 Å². The van der Waals surface area contributed by atoms with Crippen LogP contribution < -0.4 is 10.1 Å². The summed E-state index contributed by atoms with van der Waals surface area (Å²) >= 11 is 0. The normalized spacial score (nSPS) is 27.3. The van der Waals surface area contributed by atoms with Crippen molar-refractivity contribution in [1.29, 1.82) is 0 Å². The molecule has 7 heteroatoms. The first-order valence-corrected chi connectivity index (χ1v) is 9.78. The first-order chi connectivity index (χ1) is 13.9. The van der Waals surface area contributed by atoms with Crippen LogP contribution in [0.25, 0.3) is 0 Å². The van der Waals surface area contributed by atoms with Crippen LogP contribution in [0.3, 0.4) is 0 Å². The third-order valence-corrected chi connectivity index (χ3v) is 5.75. The lowest BCUT2D eigenvalue weighted by Crippen LogP contribution is -2.48. The number of hydrogen-bond donors (Lipinski definition) is 1. The molecule has 0 amide bonds. The molecule has 4 rings (SSSR count). The molecular weight excluding hydrogens is 386 g/mol. The third-order valence-electron chi connectivity index (χ3n) is 5.75. The monoisotopic (exact) mass is 409 g/mol. The first kappa shape index (κ1) is 20.2. The Hall–Kier alpha value is -2.12. The van der Waals surface area contributed by atoms with Crippen LogP contribution in [-0.2, 0) is 4.74 Å². The Morgan fingerprint density at radius 3 is 2.69 bits per heavy atom. The van der Waals surface area contributed by atoms with Crippen molar-refractivity contribution in [3.8, 4) is 5.75 Å². The Morgan fingerprint density at radius 1 is 1.14 bits per heavy atom. The molecule has 2 aliphatic rings. The number of halogens is 4. The lowest BCUT2D eigenvalue weighted by atomic mass is 9.77. The van der Waals surface area contributed by atoms with E-state index in [0.717, 1.165) is 31.0 Å². The summed E-state index contributed by atoms with van der Waals surface area (Å²) in [6.45, 7) is -0.218. The quantitative estimate of drug-likeness (QED) is 0.710. The average Bonchev–Trinajstić information content (AvgIpc) is 3.11. The zero-order chi connectivity index (χ0) is 20.5. The van der Waals surface area contributed by atoms with Crippen molar-refractivity contribution in [1.82, 2.24) is 5.32 Å². The van der Waals surface area contributed by atoms with Crippen molar-refractivity contribution in [2.45, 2.75) is 43.0 Å². The van der Waals surface area contributed by atoms with Crippen LogP contribution in [0.2, 0.25) is 0 Å². The van der Waals surface area contributed by atoms with Crippen LogP contribution in [0, 0.1) is 5.82 Å². The van der Waals surface area contributed by atoms with Crippen LogP contribution in [-0.4, -0.2) is 31.5 Å². The minimum absolute atomic E-state index is 0.0180. The highest BCUT2D eigenvalue weighted by Gasteiger charge is 2.49. The summed E-state index contributed by atoms with van der Waals surface area (Å²) in [5.41, 5.74) is 1.07. The maximum Gasteiger partial charge on any atom is 0.422 e. The standard InChI is InChI=1S/C22H23F4NO2/c23-17-7-8-19(28-14-22(24,25)26)18(11-17)16-12-21(29-13-16)9-4-10-27-20(21)15-5-2-1-3-6-15/h1-3,5-8,11,16,20,27H,4,9-10,12-14H2/t16-,20+,21-/m1/s1. The van der Waals surface area contributed by atoms with Gasteiger partial charge in [-0.2, -0.15) is 13.2 Å². The zero-order valence-electron chi connectivity index (χ0n) is 15.8. The van der Waals surface area contributed by atoms with E-state index in [1.807, 2.05) is 30.3 Å². The van der Waals surface area contributed by atoms with Crippen molar-refractivity contribution >= 4 is 0 Å². The van der Waals surface area contributed by atoms with Gasteiger partial charge in [-0.3, -0.25) is 0 Å². The number of alkyl halides is 3. The van der Waals surface area contributed by atoms with Gasteiger partial charge in [-0.25, -0.2) is 4.39 Å². The molecular formula is C22H23F4NO2. The van der Waals surface area contributed by atoms with Gasteiger partial charge in [0.05, 0.1) is 18.2 Å². The van der Waals surface area contributed by atoms with Crippen LogP contribution in [0.15, 0.2) is 48.5 Å². The van der Waals surface area contributed by atoms with E-state index in [4.69, 9.17) is 9.47 Å². The van der Waals surface area contributed by atoms with Crippen LogP contribution in [0.4, 0.5) is 17.6 Å². The van der Waals surface area contributed by atoms with E-state index in [1.54, 1.807) is 0 Å². The number of rotatable bonds is 4. The smallest absolute Gasteiger partial charge is 0.422 e. The fraction of sp³-hybridized carbons (Fsp3) is 0.455. The topological polar surface area (TPSA) is 30.5 Å². The molecule has 0 aromatic heterocycles. The van der Waals surface area contributed by atoms with Gasteiger partial charge >= 0.3 is 6.18 Å². The molecule has 1 N–H and O–H groups in total. The van der Waals surface area contributed by atoms with Crippen LogP contribution in [0.1, 0.15) is 42.3 Å². The van der Waals surface area contributed by atoms with Gasteiger partial charge in [0.15, 0.2) is 6.61 Å². The zero-order valence-corrected chi connectivity index (χ0v) is 15.8. The van der Waals surface area contributed by atoms with E-state index in [-0.39, 0.29) is 17.7 Å². The number of ether oxygens (including phenoxy) is 2. The molecule has 156 valence electrons. The Morgan fingerprint density at radius 2 is 1.93 bits per heavy atom. The highest BCUT2D eigenvalue weighted by atomic mass is 19.4. The van der Waals surface area contributed by atoms with Gasteiger partial charge in [-0.1, -0.05) is 30.3 Å². The summed E-state index contributed by atoms with van der Waals surface area (Å²) in [6.07, 6.45) is -2.09. The Bertz CT molecular complexity index is 842. The van der Waals surface area contributed by atoms with Gasteiger partial charge < -0.3 is 14.8 Å². The van der Waals surface area contributed by atoms with Crippen molar-refractivity contribution in [3.63, 3.8) is 0 Å². The lowest BCUT2D eigenvalue weighted by molar-refractivity contribution is -0.153. The molecule has 0 bridgehead atoms. The van der Waals surface area contributed by atoms with E-state index < -0.39 is 24.2 Å². The van der Waals surface area contributed by atoms with Gasteiger partial charge in [0, 0.05) is 11.5 Å². The number of nitrogens with one attached hydrogen (secondary N) is 1. The molecule has 3 atom stereocenters. The summed E-state index contributed by atoms with van der Waals surface area (Å²) in [5.74, 6) is -0.670. The summed E-state index contributed by atoms with van der Waals surface area (Å²) in [5, 5.41) is 3.53. The number of benzene rings is 2. The summed E-state index contributed by atoms with van der Waals surface area (Å²) < 4.78 is 63.1. The van der Waals surface area contributed by atoms with Crippen molar-refractivity contribution < 1.29 is 27.0 Å². The predicted molar refractivity (Wildman–Crippen MR) is 100 cm³/mol. The van der Waals surface area contributed by atoms with E-state index in [1.165, 1.54) is 12.1 Å². The van der Waals surface area contributed by atoms with Crippen molar-refractivity contribution in [2.75, 3.05) is 19.8 Å².